The molecule has 2 aromatic carbocycles. The van der Waals surface area contributed by atoms with Crippen molar-refractivity contribution in [2.75, 3.05) is 18.4 Å². The Kier molecular flexibility index (Phi) is 5.96. The van der Waals surface area contributed by atoms with Crippen LogP contribution < -0.4 is 5.32 Å². The largest absolute Gasteiger partial charge is 0.423 e. The molecule has 0 bridgehead atoms. The molecule has 1 N–H and O–H groups in total. The van der Waals surface area contributed by atoms with E-state index >= 15 is 0 Å². The van der Waals surface area contributed by atoms with Gasteiger partial charge in [-0.25, -0.2) is 14.4 Å². The second-order valence-corrected chi connectivity index (χ2v) is 8.77. The third kappa shape index (κ3) is 4.23. The third-order valence-corrected chi connectivity index (χ3v) is 6.48. The van der Waals surface area contributed by atoms with Crippen molar-refractivity contribution < 1.29 is 13.6 Å². The van der Waals surface area contributed by atoms with Crippen LogP contribution in [0.2, 0.25) is 0 Å². The second-order valence-electron chi connectivity index (χ2n) is 8.77. The number of aromatic nitrogens is 3. The minimum absolute atomic E-state index is 0.0378. The first-order valence-corrected chi connectivity index (χ1v) is 11.5. The number of nitrogens with one attached hydrogen (secondary N) is 1. The summed E-state index contributed by atoms with van der Waals surface area (Å²) < 4.78 is 19.2. The smallest absolute Gasteiger partial charge is 0.295 e. The molecule has 0 aliphatic carbocycles. The van der Waals surface area contributed by atoms with Crippen molar-refractivity contribution in [3.8, 4) is 11.4 Å². The number of piperidine rings is 1. The number of amides is 1. The van der Waals surface area contributed by atoms with E-state index in [9.17, 15) is 9.18 Å². The summed E-state index contributed by atoms with van der Waals surface area (Å²) in [6.07, 6.45) is 5.34. The molecule has 0 saturated carbocycles. The van der Waals surface area contributed by atoms with Gasteiger partial charge in [-0.3, -0.25) is 4.79 Å². The molecule has 0 unspecified atom stereocenters. The minimum atomic E-state index is -0.371. The number of nitrogens with zero attached hydrogens (tertiary/aromatic N) is 4. The summed E-state index contributed by atoms with van der Waals surface area (Å²) in [5, 5.41) is 3.23. The van der Waals surface area contributed by atoms with Gasteiger partial charge in [-0.2, -0.15) is 4.98 Å². The van der Waals surface area contributed by atoms with Crippen molar-refractivity contribution in [1.29, 1.82) is 0 Å². The molecule has 2 atom stereocenters. The Balaban J connectivity index is 1.42. The summed E-state index contributed by atoms with van der Waals surface area (Å²) in [5.41, 5.74) is 3.29. The molecule has 2 aromatic heterocycles. The lowest BCUT2D eigenvalue weighted by molar-refractivity contribution is 0.0540. The molecule has 34 heavy (non-hydrogen) atoms. The first-order chi connectivity index (χ1) is 16.5. The van der Waals surface area contributed by atoms with E-state index in [1.807, 2.05) is 30.0 Å². The molecular weight excluding hydrogens is 433 g/mol. The van der Waals surface area contributed by atoms with Crippen LogP contribution in [0.4, 0.5) is 10.4 Å². The van der Waals surface area contributed by atoms with E-state index in [2.05, 4.69) is 27.2 Å². The molecular formula is C26H26FN5O2. The van der Waals surface area contributed by atoms with Gasteiger partial charge in [0.25, 0.3) is 11.9 Å². The highest BCUT2D eigenvalue weighted by Crippen LogP contribution is 2.30. The van der Waals surface area contributed by atoms with Crippen LogP contribution in [0.3, 0.4) is 0 Å². The summed E-state index contributed by atoms with van der Waals surface area (Å²) in [4.78, 5) is 29.0. The van der Waals surface area contributed by atoms with Gasteiger partial charge in [-0.05, 0) is 55.5 Å². The van der Waals surface area contributed by atoms with Crippen LogP contribution in [0.1, 0.15) is 35.7 Å². The van der Waals surface area contributed by atoms with E-state index in [4.69, 9.17) is 4.42 Å². The molecule has 1 aliphatic heterocycles. The van der Waals surface area contributed by atoms with E-state index in [1.165, 1.54) is 12.1 Å². The fourth-order valence-corrected chi connectivity index (χ4v) is 4.70. The number of anilines is 1. The summed E-state index contributed by atoms with van der Waals surface area (Å²) in [6.45, 7) is 5.27. The van der Waals surface area contributed by atoms with Crippen molar-refractivity contribution >= 4 is 23.0 Å². The van der Waals surface area contributed by atoms with Crippen molar-refractivity contribution in [2.45, 2.75) is 32.7 Å². The number of oxazole rings is 1. The Morgan fingerprint density at radius 1 is 1.21 bits per heavy atom. The number of carbonyl (C=O) groups is 1. The van der Waals surface area contributed by atoms with Crippen LogP contribution in [-0.2, 0) is 0 Å². The van der Waals surface area contributed by atoms with Crippen LogP contribution in [0.15, 0.2) is 59.3 Å². The number of hydrogen-bond donors (Lipinski definition) is 1. The minimum Gasteiger partial charge on any atom is -0.423 e. The quantitative estimate of drug-likeness (QED) is 0.448. The normalized spacial score (nSPS) is 18.3. The summed E-state index contributed by atoms with van der Waals surface area (Å²) in [7, 11) is 0. The summed E-state index contributed by atoms with van der Waals surface area (Å²) in [6, 6.07) is 12.0. The van der Waals surface area contributed by atoms with E-state index in [0.29, 0.717) is 41.6 Å². The number of hydrogen-bond acceptors (Lipinski definition) is 6. The molecule has 7 nitrogen and oxygen atoms in total. The lowest BCUT2D eigenvalue weighted by Gasteiger charge is -2.40. The van der Waals surface area contributed by atoms with Crippen molar-refractivity contribution in [2.24, 2.45) is 5.92 Å². The van der Waals surface area contributed by atoms with Gasteiger partial charge in [0.05, 0.1) is 11.6 Å². The van der Waals surface area contributed by atoms with Gasteiger partial charge in [0.1, 0.15) is 11.3 Å². The number of halogens is 1. The molecule has 4 aromatic rings. The highest BCUT2D eigenvalue weighted by atomic mass is 19.1. The maximum Gasteiger partial charge on any atom is 0.295 e. The lowest BCUT2D eigenvalue weighted by Crippen LogP contribution is -2.51. The Bertz CT molecular complexity index is 1320. The van der Waals surface area contributed by atoms with Gasteiger partial charge in [0, 0.05) is 37.1 Å². The summed E-state index contributed by atoms with van der Waals surface area (Å²) in [5.74, 6) is 0.420. The van der Waals surface area contributed by atoms with Gasteiger partial charge in [0.2, 0.25) is 0 Å². The third-order valence-electron chi connectivity index (χ3n) is 6.48. The van der Waals surface area contributed by atoms with Crippen LogP contribution in [0.5, 0.6) is 0 Å². The van der Waals surface area contributed by atoms with E-state index in [0.717, 1.165) is 24.0 Å². The highest BCUT2D eigenvalue weighted by molar-refractivity contribution is 6.01. The average molecular weight is 460 g/mol. The molecule has 1 aliphatic rings. The van der Waals surface area contributed by atoms with Gasteiger partial charge in [-0.1, -0.05) is 19.1 Å². The topological polar surface area (TPSA) is 84.2 Å². The van der Waals surface area contributed by atoms with Crippen LogP contribution >= 0.6 is 0 Å². The van der Waals surface area contributed by atoms with Gasteiger partial charge >= 0.3 is 0 Å². The first kappa shape index (κ1) is 22.0. The zero-order chi connectivity index (χ0) is 23.7. The number of fused-ring (bicyclic) bond motifs is 1. The van der Waals surface area contributed by atoms with Crippen molar-refractivity contribution in [1.82, 2.24) is 19.9 Å². The Morgan fingerprint density at radius 3 is 2.85 bits per heavy atom. The average Bonchev–Trinajstić information content (AvgIpc) is 3.25. The van der Waals surface area contributed by atoms with Crippen LogP contribution in [0, 0.1) is 18.7 Å². The van der Waals surface area contributed by atoms with Crippen LogP contribution in [-0.4, -0.2) is 44.9 Å². The highest BCUT2D eigenvalue weighted by Gasteiger charge is 2.34. The van der Waals surface area contributed by atoms with Crippen molar-refractivity contribution in [3.63, 3.8) is 0 Å². The predicted molar refractivity (Wildman–Crippen MR) is 128 cm³/mol. The maximum atomic E-state index is 13.9. The zero-order valence-corrected chi connectivity index (χ0v) is 19.2. The van der Waals surface area contributed by atoms with Crippen molar-refractivity contribution in [3.05, 3.63) is 71.8 Å². The SMILES string of the molecule is Cc1cccc(C(=O)N2CCC[C@@H](C)[C@H]2CNc2nc3ccc(F)cc3o2)c1-c1ncccn1. The lowest BCUT2D eigenvalue weighted by atomic mass is 9.89. The number of carbonyl (C=O) groups excluding carboxylic acids is 1. The van der Waals surface area contributed by atoms with Crippen LogP contribution in [0.25, 0.3) is 22.5 Å². The Hall–Kier alpha value is -3.81. The van der Waals surface area contributed by atoms with Gasteiger partial charge in [-0.15, -0.1) is 0 Å². The molecule has 1 saturated heterocycles. The monoisotopic (exact) mass is 459 g/mol. The molecule has 0 radical (unpaired) electrons. The van der Waals surface area contributed by atoms with E-state index in [1.54, 1.807) is 24.5 Å². The Morgan fingerprint density at radius 2 is 2.03 bits per heavy atom. The second kappa shape index (κ2) is 9.21. The molecule has 8 heteroatoms. The van der Waals surface area contributed by atoms with E-state index in [-0.39, 0.29) is 23.7 Å². The first-order valence-electron chi connectivity index (χ1n) is 11.5. The zero-order valence-electron chi connectivity index (χ0n) is 19.2. The van der Waals surface area contributed by atoms with Gasteiger partial charge < -0.3 is 14.6 Å². The summed E-state index contributed by atoms with van der Waals surface area (Å²) >= 11 is 0. The Labute approximate surface area is 197 Å². The molecule has 1 fully saturated rings. The predicted octanol–water partition coefficient (Wildman–Crippen LogP) is 5.09. The number of benzene rings is 2. The number of aryl methyl sites for hydroxylation is 1. The molecule has 3 heterocycles. The maximum absolute atomic E-state index is 13.9. The number of likely N-dealkylation sites (tertiary alicyclic amines) is 1. The fraction of sp³-hybridized carbons (Fsp3) is 0.308. The van der Waals surface area contributed by atoms with Gasteiger partial charge in [0.15, 0.2) is 11.4 Å². The van der Waals surface area contributed by atoms with E-state index < -0.39 is 0 Å². The molecule has 1 amide bonds. The molecule has 0 spiro atoms. The standard InChI is InChI=1S/C26H26FN5O2/c1-16-7-4-13-32(21(16)15-30-26-31-20-10-9-18(27)14-22(20)34-26)25(33)19-8-3-6-17(2)23(19)24-28-11-5-12-29-24/h3,5-6,8-12,14,16,21H,4,7,13,15H2,1-2H3,(H,30,31)/t16-,21-/m1/s1. The number of rotatable bonds is 5. The fourth-order valence-electron chi connectivity index (χ4n) is 4.70. The molecule has 5 rings (SSSR count). The molecule has 174 valence electrons.